The first-order valence-corrected chi connectivity index (χ1v) is 13.4. The van der Waals surface area contributed by atoms with Crippen molar-refractivity contribution in [3.8, 4) is 22.6 Å². The zero-order valence-corrected chi connectivity index (χ0v) is 23.4. The molecule has 0 saturated carbocycles. The fourth-order valence-electron chi connectivity index (χ4n) is 5.51. The molecule has 2 heterocycles. The molecule has 0 unspecified atom stereocenters. The van der Waals surface area contributed by atoms with Crippen molar-refractivity contribution < 1.29 is 14.3 Å². The summed E-state index contributed by atoms with van der Waals surface area (Å²) < 4.78 is 11.6. The Morgan fingerprint density at radius 2 is 1.89 bits per heavy atom. The van der Waals surface area contributed by atoms with Gasteiger partial charge in [0.05, 0.1) is 25.8 Å². The number of hydrogen-bond donors (Lipinski definition) is 0. The first kappa shape index (κ1) is 26.2. The molecule has 0 radical (unpaired) electrons. The Bertz CT molecular complexity index is 1370. The van der Waals surface area contributed by atoms with Gasteiger partial charge in [-0.05, 0) is 81.1 Å². The average molecular weight is 515 g/mol. The lowest BCUT2D eigenvalue weighted by Gasteiger charge is -2.34. The summed E-state index contributed by atoms with van der Waals surface area (Å²) in [5.74, 6) is 3.39. The van der Waals surface area contributed by atoms with Crippen molar-refractivity contribution in [1.29, 1.82) is 0 Å². The molecular formula is C31H38N4O3. The molecule has 5 rings (SSSR count). The van der Waals surface area contributed by atoms with Gasteiger partial charge in [0.1, 0.15) is 29.7 Å². The molecular weight excluding hydrogens is 476 g/mol. The first-order valence-electron chi connectivity index (χ1n) is 13.4. The Labute approximate surface area is 225 Å². The van der Waals surface area contributed by atoms with Gasteiger partial charge in [-0.1, -0.05) is 26.0 Å². The highest BCUT2D eigenvalue weighted by atomic mass is 16.5. The molecule has 2 aromatic carbocycles. The monoisotopic (exact) mass is 514 g/mol. The summed E-state index contributed by atoms with van der Waals surface area (Å²) in [6.07, 6.45) is 3.10. The smallest absolute Gasteiger partial charge is 0.163 e. The zero-order chi connectivity index (χ0) is 27.0. The van der Waals surface area contributed by atoms with Crippen molar-refractivity contribution in [3.63, 3.8) is 0 Å². The van der Waals surface area contributed by atoms with Gasteiger partial charge in [-0.15, -0.1) is 0 Å². The number of aryl methyl sites for hydroxylation is 1. The van der Waals surface area contributed by atoms with E-state index in [4.69, 9.17) is 19.4 Å². The quantitative estimate of drug-likeness (QED) is 0.412. The highest BCUT2D eigenvalue weighted by Gasteiger charge is 2.31. The van der Waals surface area contributed by atoms with Crippen molar-refractivity contribution >= 4 is 11.6 Å². The summed E-state index contributed by atoms with van der Waals surface area (Å²) in [7, 11) is 5.70. The number of hydrogen-bond acceptors (Lipinski definition) is 7. The number of carbonyl (C=O) groups excluding carboxylic acids is 1. The maximum absolute atomic E-state index is 12.2. The standard InChI is InChI=1S/C31H38N4O3/c1-20(36)24-16-22(8-10-28(24)37-6)21-7-9-27-23(15-21)18-35(13-14-38-27)30-25-17-31(2,3)12-11-26(25)32-29(33-30)19-34(4)5/h7-10,15-16H,11-14,17-19H2,1-6H3. The number of benzene rings is 2. The number of carbonyl (C=O) groups is 1. The van der Waals surface area contributed by atoms with Gasteiger partial charge in [-0.2, -0.15) is 0 Å². The molecule has 0 spiro atoms. The van der Waals surface area contributed by atoms with Crippen LogP contribution in [0.5, 0.6) is 11.5 Å². The molecule has 1 aromatic heterocycles. The van der Waals surface area contributed by atoms with E-state index in [1.807, 2.05) is 24.3 Å². The van der Waals surface area contributed by atoms with Crippen LogP contribution in [0.1, 0.15) is 60.2 Å². The lowest BCUT2D eigenvalue weighted by Crippen LogP contribution is -2.32. The van der Waals surface area contributed by atoms with E-state index in [0.717, 1.165) is 59.9 Å². The Balaban J connectivity index is 1.53. The minimum Gasteiger partial charge on any atom is -0.496 e. The fraction of sp³-hybridized carbons (Fsp3) is 0.452. The molecule has 0 amide bonds. The molecule has 1 aliphatic carbocycles. The molecule has 3 aromatic rings. The van der Waals surface area contributed by atoms with Gasteiger partial charge in [0.25, 0.3) is 0 Å². The molecule has 0 bridgehead atoms. The highest BCUT2D eigenvalue weighted by Crippen LogP contribution is 2.39. The molecule has 0 N–H and O–H groups in total. The third-order valence-corrected chi connectivity index (χ3v) is 7.52. The van der Waals surface area contributed by atoms with Gasteiger partial charge in [-0.3, -0.25) is 4.79 Å². The second kappa shape index (κ2) is 10.4. The summed E-state index contributed by atoms with van der Waals surface area (Å²) in [4.78, 5) is 26.8. The van der Waals surface area contributed by atoms with Crippen molar-refractivity contribution in [2.75, 3.05) is 39.3 Å². The largest absolute Gasteiger partial charge is 0.496 e. The zero-order valence-electron chi connectivity index (χ0n) is 23.4. The number of ketones is 1. The number of fused-ring (bicyclic) bond motifs is 2. The van der Waals surface area contributed by atoms with Crippen LogP contribution in [0.25, 0.3) is 11.1 Å². The number of methoxy groups -OCH3 is 1. The molecule has 0 saturated heterocycles. The van der Waals surface area contributed by atoms with Crippen molar-refractivity contribution in [1.82, 2.24) is 14.9 Å². The predicted octanol–water partition coefficient (Wildman–Crippen LogP) is 5.33. The van der Waals surface area contributed by atoms with Crippen LogP contribution >= 0.6 is 0 Å². The van der Waals surface area contributed by atoms with Gasteiger partial charge in [0, 0.05) is 23.4 Å². The Kier molecular flexibility index (Phi) is 7.14. The Hall–Kier alpha value is -3.45. The van der Waals surface area contributed by atoms with Crippen LogP contribution in [-0.2, 0) is 25.9 Å². The van der Waals surface area contributed by atoms with Crippen LogP contribution in [0, 0.1) is 5.41 Å². The minimum atomic E-state index is -0.0158. The summed E-state index contributed by atoms with van der Waals surface area (Å²) in [5.41, 5.74) is 6.41. The fourth-order valence-corrected chi connectivity index (χ4v) is 5.51. The van der Waals surface area contributed by atoms with Crippen LogP contribution in [0.15, 0.2) is 36.4 Å². The number of ether oxygens (including phenoxy) is 2. The van der Waals surface area contributed by atoms with Gasteiger partial charge in [0.15, 0.2) is 5.78 Å². The van der Waals surface area contributed by atoms with Gasteiger partial charge >= 0.3 is 0 Å². The van der Waals surface area contributed by atoms with E-state index < -0.39 is 0 Å². The molecule has 0 fully saturated rings. The van der Waals surface area contributed by atoms with E-state index >= 15 is 0 Å². The molecule has 7 nitrogen and oxygen atoms in total. The van der Waals surface area contributed by atoms with Gasteiger partial charge < -0.3 is 19.3 Å². The van der Waals surface area contributed by atoms with Crippen LogP contribution in [-0.4, -0.2) is 55.0 Å². The number of Topliss-reactive ketones (excluding diaryl/α,β-unsaturated/α-hetero) is 1. The van der Waals surface area contributed by atoms with Crippen LogP contribution < -0.4 is 14.4 Å². The Morgan fingerprint density at radius 1 is 1.13 bits per heavy atom. The third kappa shape index (κ3) is 5.39. The van der Waals surface area contributed by atoms with Crippen LogP contribution in [0.3, 0.4) is 0 Å². The summed E-state index contributed by atoms with van der Waals surface area (Å²) in [6.45, 7) is 9.00. The number of anilines is 1. The summed E-state index contributed by atoms with van der Waals surface area (Å²) >= 11 is 0. The van der Waals surface area contributed by atoms with Crippen molar-refractivity contribution in [2.45, 2.75) is 53.1 Å². The molecule has 0 atom stereocenters. The number of nitrogens with zero attached hydrogens (tertiary/aromatic N) is 4. The molecule has 200 valence electrons. The van der Waals surface area contributed by atoms with Gasteiger partial charge in [-0.25, -0.2) is 9.97 Å². The molecule has 1 aliphatic heterocycles. The second-order valence-corrected chi connectivity index (χ2v) is 11.5. The van der Waals surface area contributed by atoms with Crippen LogP contribution in [0.4, 0.5) is 5.82 Å². The van der Waals surface area contributed by atoms with E-state index in [1.165, 1.54) is 11.3 Å². The SMILES string of the molecule is COc1ccc(-c2ccc3c(c2)CN(c2nc(CN(C)C)nc4c2CC(C)(C)CC4)CCO3)cc1C(C)=O. The maximum Gasteiger partial charge on any atom is 0.163 e. The van der Waals surface area contributed by atoms with Crippen molar-refractivity contribution in [3.05, 3.63) is 64.6 Å². The van der Waals surface area contributed by atoms with Crippen molar-refractivity contribution in [2.24, 2.45) is 5.41 Å². The highest BCUT2D eigenvalue weighted by molar-refractivity contribution is 5.98. The molecule has 7 heteroatoms. The lowest BCUT2D eigenvalue weighted by molar-refractivity contribution is 0.101. The first-order chi connectivity index (χ1) is 18.1. The topological polar surface area (TPSA) is 67.8 Å². The minimum absolute atomic E-state index is 0.0158. The third-order valence-electron chi connectivity index (χ3n) is 7.52. The molecule has 2 aliphatic rings. The number of rotatable bonds is 6. The van der Waals surface area contributed by atoms with E-state index in [-0.39, 0.29) is 11.2 Å². The average Bonchev–Trinajstić information content (AvgIpc) is 3.09. The lowest BCUT2D eigenvalue weighted by atomic mass is 9.76. The summed E-state index contributed by atoms with van der Waals surface area (Å²) in [6, 6.07) is 12.1. The second-order valence-electron chi connectivity index (χ2n) is 11.5. The van der Waals surface area contributed by atoms with E-state index in [0.29, 0.717) is 31.0 Å². The maximum atomic E-state index is 12.2. The van der Waals surface area contributed by atoms with E-state index in [1.54, 1.807) is 14.0 Å². The Morgan fingerprint density at radius 3 is 2.63 bits per heavy atom. The summed E-state index contributed by atoms with van der Waals surface area (Å²) in [5, 5.41) is 0. The predicted molar refractivity (Wildman–Crippen MR) is 150 cm³/mol. The molecule has 38 heavy (non-hydrogen) atoms. The number of aromatic nitrogens is 2. The van der Waals surface area contributed by atoms with Gasteiger partial charge in [0.2, 0.25) is 0 Å². The van der Waals surface area contributed by atoms with Crippen LogP contribution in [0.2, 0.25) is 0 Å². The normalized spacial score (nSPS) is 16.3. The van der Waals surface area contributed by atoms with E-state index in [2.05, 4.69) is 49.9 Å². The van der Waals surface area contributed by atoms with E-state index in [9.17, 15) is 4.79 Å².